The Kier molecular flexibility index (Phi) is 4.71. The molecule has 116 valence electrons. The minimum atomic E-state index is -3.90. The fourth-order valence-electron chi connectivity index (χ4n) is 2.25. The first-order valence-corrected chi connectivity index (χ1v) is 9.82. The van der Waals surface area contributed by atoms with Crippen LogP contribution >= 0.6 is 26.6 Å². The molecule has 0 radical (unpaired) electrons. The van der Waals surface area contributed by atoms with Crippen molar-refractivity contribution in [1.29, 1.82) is 0 Å². The second kappa shape index (κ2) is 5.89. The zero-order chi connectivity index (χ0) is 15.8. The third-order valence-corrected chi connectivity index (χ3v) is 6.74. The van der Waals surface area contributed by atoms with Crippen molar-refractivity contribution >= 4 is 41.6 Å². The summed E-state index contributed by atoms with van der Waals surface area (Å²) in [4.78, 5) is 12.1. The standard InChI is InChI=1S/C14H17BrClNO3S/c1-3-14(4-5-14)8-17-13(18)10-6-9(2)12(15)11(7-10)21(16,19)20/h6-7H,3-5,8H2,1-2H3,(H,17,18). The number of hydrogen-bond acceptors (Lipinski definition) is 3. The van der Waals surface area contributed by atoms with Crippen LogP contribution in [0.15, 0.2) is 21.5 Å². The predicted molar refractivity (Wildman–Crippen MR) is 86.2 cm³/mol. The van der Waals surface area contributed by atoms with Gasteiger partial charge in [0.05, 0.1) is 4.90 Å². The molecule has 0 heterocycles. The summed E-state index contributed by atoms with van der Waals surface area (Å²) in [6, 6.07) is 2.96. The van der Waals surface area contributed by atoms with E-state index in [1.54, 1.807) is 13.0 Å². The van der Waals surface area contributed by atoms with Crippen molar-refractivity contribution in [2.45, 2.75) is 38.0 Å². The molecule has 1 N–H and O–H groups in total. The van der Waals surface area contributed by atoms with Gasteiger partial charge in [-0.25, -0.2) is 8.42 Å². The molecule has 1 aromatic rings. The number of amides is 1. The Labute approximate surface area is 137 Å². The molecule has 1 saturated carbocycles. The largest absolute Gasteiger partial charge is 0.351 e. The Morgan fingerprint density at radius 1 is 1.43 bits per heavy atom. The smallest absolute Gasteiger partial charge is 0.262 e. The lowest BCUT2D eigenvalue weighted by Crippen LogP contribution is -2.30. The maximum Gasteiger partial charge on any atom is 0.262 e. The molecule has 1 aromatic carbocycles. The quantitative estimate of drug-likeness (QED) is 0.776. The van der Waals surface area contributed by atoms with Crippen LogP contribution in [0.2, 0.25) is 0 Å². The summed E-state index contributed by atoms with van der Waals surface area (Å²) in [5.74, 6) is -0.271. The first kappa shape index (κ1) is 16.8. The summed E-state index contributed by atoms with van der Waals surface area (Å²) in [6.07, 6.45) is 3.29. The van der Waals surface area contributed by atoms with Gasteiger partial charge in [-0.15, -0.1) is 0 Å². The Hall–Kier alpha value is -0.590. The summed E-state index contributed by atoms with van der Waals surface area (Å²) in [7, 11) is 1.50. The average molecular weight is 395 g/mol. The number of halogens is 2. The molecule has 1 amide bonds. The fraction of sp³-hybridized carbons (Fsp3) is 0.500. The van der Waals surface area contributed by atoms with E-state index in [0.29, 0.717) is 22.1 Å². The number of carbonyl (C=O) groups excluding carboxylic acids is 1. The number of benzene rings is 1. The van der Waals surface area contributed by atoms with Crippen molar-refractivity contribution in [1.82, 2.24) is 5.32 Å². The highest BCUT2D eigenvalue weighted by Gasteiger charge is 2.40. The van der Waals surface area contributed by atoms with Crippen LogP contribution in [0.4, 0.5) is 0 Å². The lowest BCUT2D eigenvalue weighted by atomic mass is 10.0. The van der Waals surface area contributed by atoms with Crippen LogP contribution < -0.4 is 5.32 Å². The summed E-state index contributed by atoms with van der Waals surface area (Å²) in [5, 5.41) is 2.89. The van der Waals surface area contributed by atoms with Crippen LogP contribution in [-0.2, 0) is 9.05 Å². The molecule has 0 saturated heterocycles. The zero-order valence-corrected chi connectivity index (χ0v) is 15.0. The van der Waals surface area contributed by atoms with Crippen LogP contribution in [0.25, 0.3) is 0 Å². The Morgan fingerprint density at radius 3 is 2.52 bits per heavy atom. The topological polar surface area (TPSA) is 63.2 Å². The van der Waals surface area contributed by atoms with E-state index in [4.69, 9.17) is 10.7 Å². The molecule has 0 aliphatic heterocycles. The van der Waals surface area contributed by atoms with E-state index in [9.17, 15) is 13.2 Å². The van der Waals surface area contributed by atoms with E-state index in [0.717, 1.165) is 19.3 Å². The molecule has 1 aliphatic rings. The van der Waals surface area contributed by atoms with E-state index >= 15 is 0 Å². The Morgan fingerprint density at radius 2 is 2.05 bits per heavy atom. The van der Waals surface area contributed by atoms with E-state index in [2.05, 4.69) is 28.2 Å². The number of aryl methyl sites for hydroxylation is 1. The van der Waals surface area contributed by atoms with Crippen molar-refractivity contribution in [3.63, 3.8) is 0 Å². The van der Waals surface area contributed by atoms with E-state index in [1.807, 2.05) is 0 Å². The lowest BCUT2D eigenvalue weighted by molar-refractivity contribution is 0.0944. The Balaban J connectivity index is 2.24. The molecule has 0 aromatic heterocycles. The highest BCUT2D eigenvalue weighted by atomic mass is 79.9. The zero-order valence-electron chi connectivity index (χ0n) is 11.9. The van der Waals surface area contributed by atoms with Crippen LogP contribution in [-0.4, -0.2) is 20.9 Å². The van der Waals surface area contributed by atoms with Gasteiger partial charge in [-0.1, -0.05) is 6.92 Å². The summed E-state index contributed by atoms with van der Waals surface area (Å²) >= 11 is 3.20. The van der Waals surface area contributed by atoms with Crippen LogP contribution in [0.3, 0.4) is 0 Å². The van der Waals surface area contributed by atoms with Crippen molar-refractivity contribution in [3.8, 4) is 0 Å². The molecule has 7 heteroatoms. The molecule has 0 bridgehead atoms. The van der Waals surface area contributed by atoms with Crippen LogP contribution in [0, 0.1) is 12.3 Å². The number of carbonyl (C=O) groups is 1. The molecular weight excluding hydrogens is 378 g/mol. The van der Waals surface area contributed by atoms with Gasteiger partial charge in [0, 0.05) is 27.3 Å². The second-order valence-electron chi connectivity index (χ2n) is 5.58. The molecule has 0 atom stereocenters. The summed E-state index contributed by atoms with van der Waals surface area (Å²) in [6.45, 7) is 4.46. The molecule has 0 unspecified atom stereocenters. The van der Waals surface area contributed by atoms with Gasteiger partial charge in [0.1, 0.15) is 0 Å². The average Bonchev–Trinajstić information content (AvgIpc) is 3.18. The van der Waals surface area contributed by atoms with Gasteiger partial charge in [-0.3, -0.25) is 4.79 Å². The van der Waals surface area contributed by atoms with Gasteiger partial charge in [0.2, 0.25) is 0 Å². The lowest BCUT2D eigenvalue weighted by Gasteiger charge is -2.14. The maximum atomic E-state index is 12.2. The van der Waals surface area contributed by atoms with Gasteiger partial charge in [-0.2, -0.15) is 0 Å². The second-order valence-corrected chi connectivity index (χ2v) is 8.91. The molecule has 2 rings (SSSR count). The van der Waals surface area contributed by atoms with Gasteiger partial charge < -0.3 is 5.32 Å². The molecular formula is C14H17BrClNO3S. The Bertz CT molecular complexity index is 684. The third-order valence-electron chi connectivity index (χ3n) is 4.08. The number of nitrogens with one attached hydrogen (secondary N) is 1. The molecule has 4 nitrogen and oxygen atoms in total. The first-order valence-electron chi connectivity index (χ1n) is 6.71. The maximum absolute atomic E-state index is 12.2. The van der Waals surface area contributed by atoms with Gasteiger partial charge in [0.15, 0.2) is 0 Å². The minimum Gasteiger partial charge on any atom is -0.351 e. The van der Waals surface area contributed by atoms with E-state index < -0.39 is 9.05 Å². The SMILES string of the molecule is CCC1(CNC(=O)c2cc(C)c(Br)c(S(=O)(=O)Cl)c2)CC1. The van der Waals surface area contributed by atoms with Gasteiger partial charge in [-0.05, 0) is 65.2 Å². The molecule has 21 heavy (non-hydrogen) atoms. The van der Waals surface area contributed by atoms with Crippen molar-refractivity contribution in [2.24, 2.45) is 5.41 Å². The number of rotatable bonds is 5. The summed E-state index contributed by atoms with van der Waals surface area (Å²) < 4.78 is 23.5. The molecule has 1 aliphatic carbocycles. The van der Waals surface area contributed by atoms with Crippen molar-refractivity contribution < 1.29 is 13.2 Å². The van der Waals surface area contributed by atoms with E-state index in [1.165, 1.54) is 6.07 Å². The van der Waals surface area contributed by atoms with Gasteiger partial charge >= 0.3 is 0 Å². The van der Waals surface area contributed by atoms with E-state index in [-0.39, 0.29) is 16.2 Å². The predicted octanol–water partition coefficient (Wildman–Crippen LogP) is 3.61. The van der Waals surface area contributed by atoms with Crippen molar-refractivity contribution in [2.75, 3.05) is 6.54 Å². The highest BCUT2D eigenvalue weighted by Crippen LogP contribution is 2.47. The third kappa shape index (κ3) is 3.79. The molecule has 0 spiro atoms. The highest BCUT2D eigenvalue weighted by molar-refractivity contribution is 9.10. The minimum absolute atomic E-state index is 0.0778. The molecule has 1 fully saturated rings. The van der Waals surface area contributed by atoms with Crippen molar-refractivity contribution in [3.05, 3.63) is 27.7 Å². The normalized spacial score (nSPS) is 16.6. The fourth-order valence-corrected chi connectivity index (χ4v) is 4.40. The monoisotopic (exact) mass is 393 g/mol. The first-order chi connectivity index (χ1) is 9.68. The number of hydrogen-bond donors (Lipinski definition) is 1. The van der Waals surface area contributed by atoms with Crippen LogP contribution in [0.5, 0.6) is 0 Å². The summed E-state index contributed by atoms with van der Waals surface area (Å²) in [5.41, 5.74) is 1.20. The van der Waals surface area contributed by atoms with Crippen LogP contribution in [0.1, 0.15) is 42.1 Å². The van der Waals surface area contributed by atoms with Gasteiger partial charge in [0.25, 0.3) is 15.0 Å².